The zero-order chi connectivity index (χ0) is 29.1. The molecule has 2 atom stereocenters. The predicted molar refractivity (Wildman–Crippen MR) is 156 cm³/mol. The molecule has 6 rings (SSSR count). The molecule has 3 aliphatic rings. The van der Waals surface area contributed by atoms with Crippen molar-refractivity contribution in [1.29, 1.82) is 0 Å². The molecular formula is C32H33N3O5S. The van der Waals surface area contributed by atoms with Gasteiger partial charge in [0.25, 0.3) is 11.1 Å². The summed E-state index contributed by atoms with van der Waals surface area (Å²) in [4.78, 5) is 30.3. The first-order valence-corrected chi connectivity index (χ1v) is 15.5. The molecule has 2 unspecified atom stereocenters. The molecule has 0 bridgehead atoms. The maximum atomic E-state index is 14.2. The lowest BCUT2D eigenvalue weighted by molar-refractivity contribution is 0.398. The van der Waals surface area contributed by atoms with Crippen LogP contribution in [-0.4, -0.2) is 27.6 Å². The summed E-state index contributed by atoms with van der Waals surface area (Å²) in [6.07, 6.45) is 12.0. The number of sulfone groups is 1. The minimum Gasteiger partial charge on any atom is -0.492 e. The maximum Gasteiger partial charge on any atom is 0.277 e. The van der Waals surface area contributed by atoms with Crippen molar-refractivity contribution in [3.05, 3.63) is 105 Å². The van der Waals surface area contributed by atoms with Gasteiger partial charge < -0.3 is 9.67 Å². The highest BCUT2D eigenvalue weighted by Gasteiger charge is 2.40. The lowest BCUT2D eigenvalue weighted by Gasteiger charge is -2.27. The molecule has 41 heavy (non-hydrogen) atoms. The monoisotopic (exact) mass is 571 g/mol. The molecule has 0 saturated heterocycles. The first-order chi connectivity index (χ1) is 19.6. The van der Waals surface area contributed by atoms with Crippen LogP contribution < -0.4 is 11.1 Å². The summed E-state index contributed by atoms with van der Waals surface area (Å²) in [6, 6.07) is 8.79. The smallest absolute Gasteiger partial charge is 0.277 e. The highest BCUT2D eigenvalue weighted by atomic mass is 32.2. The van der Waals surface area contributed by atoms with Gasteiger partial charge in [-0.05, 0) is 84.4 Å². The lowest BCUT2D eigenvalue weighted by atomic mass is 9.89. The summed E-state index contributed by atoms with van der Waals surface area (Å²) < 4.78 is 30.8. The van der Waals surface area contributed by atoms with Crippen molar-refractivity contribution in [3.8, 4) is 17.0 Å². The van der Waals surface area contributed by atoms with Crippen LogP contribution in [0.4, 0.5) is 0 Å². The molecule has 0 aliphatic heterocycles. The van der Waals surface area contributed by atoms with Crippen LogP contribution in [0.1, 0.15) is 44.5 Å². The van der Waals surface area contributed by atoms with Crippen LogP contribution in [0.5, 0.6) is 5.88 Å². The zero-order valence-electron chi connectivity index (χ0n) is 23.2. The van der Waals surface area contributed by atoms with Crippen molar-refractivity contribution in [2.24, 2.45) is 24.8 Å². The van der Waals surface area contributed by atoms with E-state index in [9.17, 15) is 23.1 Å². The summed E-state index contributed by atoms with van der Waals surface area (Å²) in [5.74, 6) is 0.342. The van der Waals surface area contributed by atoms with Gasteiger partial charge in [0.2, 0.25) is 15.7 Å². The van der Waals surface area contributed by atoms with Crippen LogP contribution in [0, 0.1) is 17.8 Å². The van der Waals surface area contributed by atoms with Crippen molar-refractivity contribution < 1.29 is 13.5 Å². The van der Waals surface area contributed by atoms with Crippen molar-refractivity contribution in [3.63, 3.8) is 0 Å². The van der Waals surface area contributed by atoms with Crippen LogP contribution >= 0.6 is 0 Å². The van der Waals surface area contributed by atoms with Gasteiger partial charge in [-0.3, -0.25) is 14.2 Å². The Labute approximate surface area is 238 Å². The van der Waals surface area contributed by atoms with Gasteiger partial charge in [-0.1, -0.05) is 43.9 Å². The third-order valence-corrected chi connectivity index (χ3v) is 10.2. The fourth-order valence-corrected chi connectivity index (χ4v) is 6.89. The summed E-state index contributed by atoms with van der Waals surface area (Å²) in [5, 5.41) is 11.0. The molecule has 3 aromatic rings. The Balaban J connectivity index is 1.47. The topological polar surface area (TPSA) is 111 Å². The Morgan fingerprint density at radius 1 is 1.07 bits per heavy atom. The van der Waals surface area contributed by atoms with Gasteiger partial charge >= 0.3 is 0 Å². The molecule has 2 heterocycles. The first-order valence-electron chi connectivity index (χ1n) is 14.0. The van der Waals surface area contributed by atoms with Gasteiger partial charge in [0.15, 0.2) is 4.90 Å². The average molecular weight is 572 g/mol. The van der Waals surface area contributed by atoms with Crippen molar-refractivity contribution in [2.45, 2.75) is 54.9 Å². The van der Waals surface area contributed by atoms with Crippen LogP contribution in [-0.2, 0) is 23.3 Å². The molecule has 2 saturated carbocycles. The SMILES string of the molecule is C=C1C=C(C(C2CC2)n2c(CC3CC3)nc(O)c(S(=O)(=O)c3ccc(-c4cccn(C)c4=O)cc3)c2=O)C=CC1C. The number of pyridine rings is 1. The van der Waals surface area contributed by atoms with E-state index >= 15 is 0 Å². The van der Waals surface area contributed by atoms with E-state index in [0.717, 1.165) is 36.8 Å². The van der Waals surface area contributed by atoms with Gasteiger partial charge in [-0.2, -0.15) is 4.98 Å². The number of aryl methyl sites for hydroxylation is 1. The van der Waals surface area contributed by atoms with E-state index in [1.807, 2.05) is 18.2 Å². The van der Waals surface area contributed by atoms with E-state index in [1.54, 1.807) is 25.4 Å². The van der Waals surface area contributed by atoms with E-state index in [1.165, 1.54) is 33.4 Å². The summed E-state index contributed by atoms with van der Waals surface area (Å²) in [6.45, 7) is 6.22. The molecule has 1 aromatic carbocycles. The van der Waals surface area contributed by atoms with E-state index in [0.29, 0.717) is 29.3 Å². The Morgan fingerprint density at radius 3 is 2.41 bits per heavy atom. The second kappa shape index (κ2) is 10.1. The highest BCUT2D eigenvalue weighted by molar-refractivity contribution is 7.91. The molecule has 0 spiro atoms. The molecule has 8 nitrogen and oxygen atoms in total. The quantitative estimate of drug-likeness (QED) is 0.418. The Kier molecular flexibility index (Phi) is 6.72. The number of aromatic nitrogens is 3. The maximum absolute atomic E-state index is 14.2. The van der Waals surface area contributed by atoms with E-state index in [-0.39, 0.29) is 22.3 Å². The minimum atomic E-state index is -4.44. The van der Waals surface area contributed by atoms with E-state index in [2.05, 4.69) is 18.5 Å². The molecule has 0 amide bonds. The number of hydrogen-bond donors (Lipinski definition) is 1. The van der Waals surface area contributed by atoms with Gasteiger partial charge in [0.05, 0.1) is 10.9 Å². The minimum absolute atomic E-state index is 0.161. The third kappa shape index (κ3) is 5.03. The Morgan fingerprint density at radius 2 is 1.78 bits per heavy atom. The van der Waals surface area contributed by atoms with Crippen LogP contribution in [0.15, 0.2) is 97.9 Å². The van der Waals surface area contributed by atoms with Crippen molar-refractivity contribution in [1.82, 2.24) is 14.1 Å². The van der Waals surface area contributed by atoms with Crippen molar-refractivity contribution in [2.75, 3.05) is 0 Å². The number of benzene rings is 1. The predicted octanol–water partition coefficient (Wildman–Crippen LogP) is 4.74. The van der Waals surface area contributed by atoms with Crippen molar-refractivity contribution >= 4 is 9.84 Å². The Hall–Kier alpha value is -3.98. The average Bonchev–Trinajstić information content (AvgIpc) is 3.86. The summed E-state index contributed by atoms with van der Waals surface area (Å²) >= 11 is 0. The number of nitrogens with zero attached hydrogens (tertiary/aromatic N) is 3. The summed E-state index contributed by atoms with van der Waals surface area (Å²) in [5.41, 5.74) is 1.83. The van der Waals surface area contributed by atoms with Gasteiger partial charge in [-0.15, -0.1) is 0 Å². The number of hydrogen-bond acceptors (Lipinski definition) is 6. The van der Waals surface area contributed by atoms with Gasteiger partial charge in [-0.25, -0.2) is 8.42 Å². The molecule has 9 heteroatoms. The van der Waals surface area contributed by atoms with Gasteiger partial charge in [0, 0.05) is 25.2 Å². The first kappa shape index (κ1) is 27.2. The fourth-order valence-electron chi connectivity index (χ4n) is 5.54. The van der Waals surface area contributed by atoms with Gasteiger partial charge in [0.1, 0.15) is 5.82 Å². The van der Waals surface area contributed by atoms with Crippen LogP contribution in [0.25, 0.3) is 11.1 Å². The molecule has 212 valence electrons. The molecule has 3 aliphatic carbocycles. The van der Waals surface area contributed by atoms with E-state index in [4.69, 9.17) is 0 Å². The molecule has 1 N–H and O–H groups in total. The fraction of sp³-hybridized carbons (Fsp3) is 0.344. The number of aromatic hydroxyl groups is 1. The normalized spacial score (nSPS) is 19.7. The largest absolute Gasteiger partial charge is 0.492 e. The summed E-state index contributed by atoms with van der Waals surface area (Å²) in [7, 11) is -2.80. The van der Waals surface area contributed by atoms with Crippen LogP contribution in [0.3, 0.4) is 0 Å². The number of allylic oxidation sites excluding steroid dienone is 5. The second-order valence-electron chi connectivity index (χ2n) is 11.5. The zero-order valence-corrected chi connectivity index (χ0v) is 24.0. The lowest BCUT2D eigenvalue weighted by Crippen LogP contribution is -2.35. The van der Waals surface area contributed by atoms with Crippen LogP contribution in [0.2, 0.25) is 0 Å². The highest BCUT2D eigenvalue weighted by Crippen LogP contribution is 2.46. The molecule has 2 fully saturated rings. The van der Waals surface area contributed by atoms with E-state index < -0.39 is 32.2 Å². The standard InChI is InChI=1S/C32H33N3O5S/c1-19-6-9-24(17-20(19)2)28(23-10-11-23)35-27(18-21-7-8-21)33-30(36)29(32(35)38)41(39,40)25-14-12-22(13-15-25)26-5-4-16-34(3)31(26)37/h4-6,9,12-17,19,21,23,28,36H,2,7-8,10-11,18H2,1,3H3. The Bertz CT molecular complexity index is 1840. The molecule has 2 aromatic heterocycles. The number of rotatable bonds is 8. The second-order valence-corrected chi connectivity index (χ2v) is 13.4. The molecule has 0 radical (unpaired) electrons. The molecular weight excluding hydrogens is 538 g/mol. The third-order valence-electron chi connectivity index (χ3n) is 8.37.